The van der Waals surface area contributed by atoms with E-state index in [1.807, 2.05) is 30.5 Å². The van der Waals surface area contributed by atoms with E-state index in [1.165, 1.54) is 18.4 Å². The van der Waals surface area contributed by atoms with E-state index in [-0.39, 0.29) is 17.1 Å². The molecule has 1 aromatic carbocycles. The topological polar surface area (TPSA) is 72.5 Å². The number of nitrogens with one attached hydrogen (secondary N) is 1. The molecule has 1 saturated heterocycles. The number of amides is 2. The lowest BCUT2D eigenvalue weighted by Crippen LogP contribution is -2.17. The largest absolute Gasteiger partial charge is 0.465 e. The number of thiophene rings is 1. The molecular weight excluding hydrogens is 346 g/mol. The highest BCUT2D eigenvalue weighted by molar-refractivity contribution is 8.18. The second-order valence-electron chi connectivity index (χ2n) is 5.11. The van der Waals surface area contributed by atoms with Gasteiger partial charge in [-0.15, -0.1) is 11.3 Å². The Morgan fingerprint density at radius 3 is 2.67 bits per heavy atom. The lowest BCUT2D eigenvalue weighted by molar-refractivity contribution is -0.115. The zero-order valence-electron chi connectivity index (χ0n) is 12.9. The number of benzene rings is 1. The fraction of sp³-hybridized carbons (Fsp3) is 0.118. The lowest BCUT2D eigenvalue weighted by atomic mass is 10.0. The van der Waals surface area contributed by atoms with Crippen LogP contribution in [0.4, 0.5) is 4.79 Å². The maximum absolute atomic E-state index is 11.8. The lowest BCUT2D eigenvalue weighted by Gasteiger charge is -2.06. The van der Waals surface area contributed by atoms with Gasteiger partial charge in [-0.1, -0.05) is 12.1 Å². The summed E-state index contributed by atoms with van der Waals surface area (Å²) in [5.74, 6) is -0.743. The van der Waals surface area contributed by atoms with Crippen molar-refractivity contribution in [3.05, 3.63) is 50.6 Å². The van der Waals surface area contributed by atoms with Crippen LogP contribution in [0.15, 0.2) is 34.6 Å². The number of hydrogen-bond donors (Lipinski definition) is 1. The van der Waals surface area contributed by atoms with Crippen molar-refractivity contribution in [1.82, 2.24) is 5.32 Å². The van der Waals surface area contributed by atoms with Gasteiger partial charge in [-0.05, 0) is 59.0 Å². The van der Waals surface area contributed by atoms with Crippen LogP contribution in [0.3, 0.4) is 0 Å². The molecule has 122 valence electrons. The molecule has 3 rings (SSSR count). The molecule has 0 aliphatic carbocycles. The molecule has 1 fully saturated rings. The molecular formula is C17H13NO4S2. The monoisotopic (exact) mass is 359 g/mol. The van der Waals surface area contributed by atoms with Gasteiger partial charge in [0.05, 0.1) is 17.6 Å². The summed E-state index contributed by atoms with van der Waals surface area (Å²) in [6.07, 6.45) is 1.69. The van der Waals surface area contributed by atoms with Crippen LogP contribution in [0, 0.1) is 6.92 Å². The predicted molar refractivity (Wildman–Crippen MR) is 94.9 cm³/mol. The minimum absolute atomic E-state index is 0.357. The number of hydrogen-bond acceptors (Lipinski definition) is 6. The third kappa shape index (κ3) is 3.27. The van der Waals surface area contributed by atoms with Gasteiger partial charge in [0.2, 0.25) is 0 Å². The van der Waals surface area contributed by atoms with Crippen LogP contribution in [0.25, 0.3) is 17.2 Å². The van der Waals surface area contributed by atoms with Gasteiger partial charge in [0, 0.05) is 4.88 Å². The summed E-state index contributed by atoms with van der Waals surface area (Å²) >= 11 is 2.35. The Morgan fingerprint density at radius 1 is 1.21 bits per heavy atom. The van der Waals surface area contributed by atoms with Crippen molar-refractivity contribution < 1.29 is 19.1 Å². The number of esters is 1. The Hall–Kier alpha value is -2.38. The molecule has 0 spiro atoms. The average molecular weight is 359 g/mol. The fourth-order valence-corrected chi connectivity index (χ4v) is 3.86. The molecule has 0 bridgehead atoms. The van der Waals surface area contributed by atoms with Crippen LogP contribution >= 0.6 is 23.1 Å². The van der Waals surface area contributed by atoms with E-state index in [9.17, 15) is 14.4 Å². The van der Waals surface area contributed by atoms with E-state index in [2.05, 4.69) is 5.32 Å². The summed E-state index contributed by atoms with van der Waals surface area (Å²) in [6.45, 7) is 1.85. The molecule has 2 aromatic rings. The first-order valence-electron chi connectivity index (χ1n) is 7.00. The van der Waals surface area contributed by atoms with Gasteiger partial charge in [-0.2, -0.15) is 0 Å². The molecule has 2 heterocycles. The van der Waals surface area contributed by atoms with E-state index >= 15 is 0 Å². The van der Waals surface area contributed by atoms with Gasteiger partial charge in [0.25, 0.3) is 11.1 Å². The molecule has 24 heavy (non-hydrogen) atoms. The van der Waals surface area contributed by atoms with Crippen molar-refractivity contribution in [3.63, 3.8) is 0 Å². The van der Waals surface area contributed by atoms with E-state index < -0.39 is 0 Å². The van der Waals surface area contributed by atoms with Crippen molar-refractivity contribution in [2.45, 2.75) is 6.92 Å². The molecule has 0 saturated carbocycles. The SMILES string of the molecule is COC(=O)c1cc(-c2csc(C=C3SC(=O)NC3=O)c2)ccc1C. The zero-order valence-corrected chi connectivity index (χ0v) is 14.5. The van der Waals surface area contributed by atoms with Crippen LogP contribution in [0.2, 0.25) is 0 Å². The molecule has 0 atom stereocenters. The third-order valence-electron chi connectivity index (χ3n) is 3.51. The number of carbonyl (C=O) groups is 3. The molecule has 1 N–H and O–H groups in total. The van der Waals surface area contributed by atoms with Crippen molar-refractivity contribution >= 4 is 46.3 Å². The molecule has 1 aliphatic heterocycles. The van der Waals surface area contributed by atoms with Gasteiger partial charge in [-0.3, -0.25) is 14.9 Å². The van der Waals surface area contributed by atoms with Crippen molar-refractivity contribution in [1.29, 1.82) is 0 Å². The second-order valence-corrected chi connectivity index (χ2v) is 7.07. The minimum Gasteiger partial charge on any atom is -0.465 e. The maximum Gasteiger partial charge on any atom is 0.338 e. The third-order valence-corrected chi connectivity index (χ3v) is 5.20. The fourth-order valence-electron chi connectivity index (χ4n) is 2.26. The molecule has 2 amide bonds. The van der Waals surface area contributed by atoms with E-state index in [1.54, 1.807) is 12.1 Å². The number of rotatable bonds is 3. The number of ether oxygens (including phenoxy) is 1. The first-order chi connectivity index (χ1) is 11.5. The van der Waals surface area contributed by atoms with Crippen molar-refractivity contribution in [2.24, 2.45) is 0 Å². The molecule has 1 aliphatic rings. The summed E-state index contributed by atoms with van der Waals surface area (Å²) in [7, 11) is 1.36. The van der Waals surface area contributed by atoms with Gasteiger partial charge in [0.15, 0.2) is 0 Å². The summed E-state index contributed by atoms with van der Waals surface area (Å²) in [5, 5.41) is 3.81. The summed E-state index contributed by atoms with van der Waals surface area (Å²) < 4.78 is 4.80. The smallest absolute Gasteiger partial charge is 0.338 e. The van der Waals surface area contributed by atoms with Gasteiger partial charge >= 0.3 is 5.97 Å². The highest BCUT2D eigenvalue weighted by Crippen LogP contribution is 2.31. The maximum atomic E-state index is 11.8. The Balaban J connectivity index is 1.91. The van der Waals surface area contributed by atoms with Crippen molar-refractivity contribution in [2.75, 3.05) is 7.11 Å². The van der Waals surface area contributed by atoms with Crippen LogP contribution in [0.1, 0.15) is 20.8 Å². The average Bonchev–Trinajstić information content (AvgIpc) is 3.14. The summed E-state index contributed by atoms with van der Waals surface area (Å²) in [6, 6.07) is 7.51. The highest BCUT2D eigenvalue weighted by atomic mass is 32.2. The molecule has 0 radical (unpaired) electrons. The van der Waals surface area contributed by atoms with E-state index in [0.717, 1.165) is 33.3 Å². The number of imide groups is 1. The normalized spacial score (nSPS) is 15.7. The Bertz CT molecular complexity index is 882. The Kier molecular flexibility index (Phi) is 4.55. The number of aryl methyl sites for hydroxylation is 1. The summed E-state index contributed by atoms with van der Waals surface area (Å²) in [4.78, 5) is 35.8. The zero-order chi connectivity index (χ0) is 17.3. The molecule has 5 nitrogen and oxygen atoms in total. The number of methoxy groups -OCH3 is 1. The first kappa shape index (κ1) is 16.5. The number of thioether (sulfide) groups is 1. The van der Waals surface area contributed by atoms with Crippen LogP contribution < -0.4 is 5.32 Å². The van der Waals surface area contributed by atoms with E-state index in [0.29, 0.717) is 10.5 Å². The van der Waals surface area contributed by atoms with Gasteiger partial charge < -0.3 is 4.74 Å². The Morgan fingerprint density at radius 2 is 2.00 bits per heavy atom. The Labute approximate surface area is 146 Å². The van der Waals surface area contributed by atoms with Crippen LogP contribution in [-0.2, 0) is 9.53 Å². The molecule has 1 aromatic heterocycles. The molecule has 0 unspecified atom stereocenters. The highest BCUT2D eigenvalue weighted by Gasteiger charge is 2.25. The standard InChI is InChI=1S/C17H13NO4S2/c1-9-3-4-10(6-13(9)16(20)22-2)11-5-12(23-8-11)7-14-15(19)18-17(21)24-14/h3-8H,1-2H3,(H,18,19,21). The minimum atomic E-state index is -0.372. The van der Waals surface area contributed by atoms with Gasteiger partial charge in [0.1, 0.15) is 0 Å². The van der Waals surface area contributed by atoms with Gasteiger partial charge in [-0.25, -0.2) is 4.79 Å². The van der Waals surface area contributed by atoms with Crippen LogP contribution in [-0.4, -0.2) is 24.2 Å². The molecule has 7 heteroatoms. The summed E-state index contributed by atoms with van der Waals surface area (Å²) in [5.41, 5.74) is 3.20. The van der Waals surface area contributed by atoms with Crippen LogP contribution in [0.5, 0.6) is 0 Å². The predicted octanol–water partition coefficient (Wildman–Crippen LogP) is 3.83. The number of carbonyl (C=O) groups excluding carboxylic acids is 3. The first-order valence-corrected chi connectivity index (χ1v) is 8.70. The quantitative estimate of drug-likeness (QED) is 0.666. The van der Waals surface area contributed by atoms with Crippen molar-refractivity contribution in [3.8, 4) is 11.1 Å². The van der Waals surface area contributed by atoms with E-state index in [4.69, 9.17) is 4.74 Å². The second kappa shape index (κ2) is 6.62.